The Morgan fingerprint density at radius 2 is 2.00 bits per heavy atom. The molecule has 15 heavy (non-hydrogen) atoms. The summed E-state index contributed by atoms with van der Waals surface area (Å²) in [6, 6.07) is 8.17. The molecule has 3 heteroatoms. The van der Waals surface area contributed by atoms with Crippen LogP contribution in [0.3, 0.4) is 0 Å². The number of carbonyl (C=O) groups excluding carboxylic acids is 1. The third-order valence-corrected chi connectivity index (χ3v) is 2.97. The van der Waals surface area contributed by atoms with E-state index in [2.05, 4.69) is 17.4 Å². The minimum Gasteiger partial charge on any atom is -0.340 e. The number of amides is 1. The van der Waals surface area contributed by atoms with Gasteiger partial charge in [-0.05, 0) is 24.6 Å². The summed E-state index contributed by atoms with van der Waals surface area (Å²) in [5.41, 5.74) is 2.53. The Morgan fingerprint density at radius 3 is 2.67 bits per heavy atom. The van der Waals surface area contributed by atoms with Crippen molar-refractivity contribution in [1.29, 1.82) is 0 Å². The Labute approximate surface area is 90.1 Å². The van der Waals surface area contributed by atoms with Gasteiger partial charge in [0.1, 0.15) is 0 Å². The molecule has 1 heterocycles. The largest absolute Gasteiger partial charge is 0.340 e. The van der Waals surface area contributed by atoms with Gasteiger partial charge in [0.2, 0.25) is 5.91 Å². The molecule has 0 saturated carbocycles. The molecule has 0 aromatic heterocycles. The highest BCUT2D eigenvalue weighted by Gasteiger charge is 2.25. The molecule has 1 aromatic carbocycles. The lowest BCUT2D eigenvalue weighted by Gasteiger charge is -2.19. The van der Waals surface area contributed by atoms with E-state index in [-0.39, 0.29) is 11.9 Å². The maximum atomic E-state index is 11.9. The number of hydrogen-bond acceptors (Lipinski definition) is 2. The standard InChI is InChI=1S/C12H16N2O/c1-13-11-7-9-5-3-4-6-10(9)8-14(2)12(11)15/h3-6,11,13H,7-8H2,1-2H3. The van der Waals surface area contributed by atoms with Crippen molar-refractivity contribution in [2.75, 3.05) is 14.1 Å². The highest BCUT2D eigenvalue weighted by atomic mass is 16.2. The maximum Gasteiger partial charge on any atom is 0.240 e. The zero-order chi connectivity index (χ0) is 10.8. The number of fused-ring (bicyclic) bond motifs is 1. The van der Waals surface area contributed by atoms with E-state index in [1.807, 2.05) is 26.2 Å². The SMILES string of the molecule is CNC1Cc2ccccc2CN(C)C1=O. The van der Waals surface area contributed by atoms with Crippen LogP contribution >= 0.6 is 0 Å². The predicted octanol–water partition coefficient (Wildman–Crippen LogP) is 0.789. The minimum absolute atomic E-state index is 0.0846. The van der Waals surface area contributed by atoms with Gasteiger partial charge in [0.25, 0.3) is 0 Å². The van der Waals surface area contributed by atoms with Crippen LogP contribution in [0.25, 0.3) is 0 Å². The lowest BCUT2D eigenvalue weighted by Crippen LogP contribution is -2.42. The van der Waals surface area contributed by atoms with Gasteiger partial charge in [-0.3, -0.25) is 4.79 Å². The fourth-order valence-corrected chi connectivity index (χ4v) is 2.04. The van der Waals surface area contributed by atoms with E-state index in [1.54, 1.807) is 4.90 Å². The summed E-state index contributed by atoms with van der Waals surface area (Å²) in [5.74, 6) is 0.175. The average molecular weight is 204 g/mol. The van der Waals surface area contributed by atoms with E-state index >= 15 is 0 Å². The van der Waals surface area contributed by atoms with Crippen LogP contribution in [-0.2, 0) is 17.8 Å². The molecular formula is C12H16N2O. The van der Waals surface area contributed by atoms with Crippen molar-refractivity contribution in [2.24, 2.45) is 0 Å². The van der Waals surface area contributed by atoms with Crippen LogP contribution in [0, 0.1) is 0 Å². The summed E-state index contributed by atoms with van der Waals surface area (Å²) in [6.07, 6.45) is 0.788. The van der Waals surface area contributed by atoms with Crippen molar-refractivity contribution in [3.05, 3.63) is 35.4 Å². The van der Waals surface area contributed by atoms with Gasteiger partial charge >= 0.3 is 0 Å². The number of rotatable bonds is 1. The lowest BCUT2D eigenvalue weighted by molar-refractivity contribution is -0.132. The van der Waals surface area contributed by atoms with Crippen molar-refractivity contribution < 1.29 is 4.79 Å². The minimum atomic E-state index is -0.0846. The fraction of sp³-hybridized carbons (Fsp3) is 0.417. The normalized spacial score (nSPS) is 21.1. The van der Waals surface area contributed by atoms with Gasteiger partial charge in [0.05, 0.1) is 6.04 Å². The Kier molecular flexibility index (Phi) is 2.73. The van der Waals surface area contributed by atoms with Gasteiger partial charge in [0, 0.05) is 13.6 Å². The molecule has 1 aliphatic heterocycles. The molecule has 2 rings (SSSR count). The van der Waals surface area contributed by atoms with Crippen molar-refractivity contribution in [2.45, 2.75) is 19.0 Å². The summed E-state index contributed by atoms with van der Waals surface area (Å²) in [4.78, 5) is 13.7. The van der Waals surface area contributed by atoms with Gasteiger partial charge in [-0.15, -0.1) is 0 Å². The Hall–Kier alpha value is -1.35. The Balaban J connectivity index is 2.37. The fourth-order valence-electron chi connectivity index (χ4n) is 2.04. The van der Waals surface area contributed by atoms with Crippen LogP contribution in [-0.4, -0.2) is 30.9 Å². The number of carbonyl (C=O) groups is 1. The van der Waals surface area contributed by atoms with E-state index in [0.29, 0.717) is 6.54 Å². The molecule has 0 fully saturated rings. The Bertz CT molecular complexity index is 376. The molecule has 1 atom stereocenters. The molecule has 0 bridgehead atoms. The third-order valence-electron chi connectivity index (χ3n) is 2.97. The highest BCUT2D eigenvalue weighted by molar-refractivity contribution is 5.82. The highest BCUT2D eigenvalue weighted by Crippen LogP contribution is 2.18. The van der Waals surface area contributed by atoms with Crippen molar-refractivity contribution in [1.82, 2.24) is 10.2 Å². The number of nitrogens with one attached hydrogen (secondary N) is 1. The molecule has 1 N–H and O–H groups in total. The average Bonchev–Trinajstić information content (AvgIpc) is 2.37. The number of hydrogen-bond donors (Lipinski definition) is 1. The van der Waals surface area contributed by atoms with Crippen LogP contribution in [0.1, 0.15) is 11.1 Å². The van der Waals surface area contributed by atoms with Crippen LogP contribution in [0.15, 0.2) is 24.3 Å². The molecule has 1 amide bonds. The molecule has 0 spiro atoms. The zero-order valence-electron chi connectivity index (χ0n) is 9.16. The first-order valence-corrected chi connectivity index (χ1v) is 5.21. The summed E-state index contributed by atoms with van der Waals surface area (Å²) < 4.78 is 0. The second-order valence-electron chi connectivity index (χ2n) is 4.01. The molecule has 0 saturated heterocycles. The summed E-state index contributed by atoms with van der Waals surface area (Å²) in [7, 11) is 3.69. The molecular weight excluding hydrogens is 188 g/mol. The van der Waals surface area contributed by atoms with Gasteiger partial charge in [-0.25, -0.2) is 0 Å². The number of benzene rings is 1. The van der Waals surface area contributed by atoms with Gasteiger partial charge in [-0.2, -0.15) is 0 Å². The molecule has 1 aliphatic rings. The lowest BCUT2D eigenvalue weighted by atomic mass is 10.0. The molecule has 3 nitrogen and oxygen atoms in total. The van der Waals surface area contributed by atoms with E-state index in [4.69, 9.17) is 0 Å². The van der Waals surface area contributed by atoms with Crippen molar-refractivity contribution in [3.63, 3.8) is 0 Å². The van der Waals surface area contributed by atoms with Crippen LogP contribution in [0.5, 0.6) is 0 Å². The second kappa shape index (κ2) is 4.03. The molecule has 0 aliphatic carbocycles. The third kappa shape index (κ3) is 1.88. The van der Waals surface area contributed by atoms with E-state index in [9.17, 15) is 4.79 Å². The quantitative estimate of drug-likeness (QED) is 0.733. The molecule has 0 radical (unpaired) electrons. The first kappa shape index (κ1) is 10.2. The molecule has 1 aromatic rings. The van der Waals surface area contributed by atoms with Gasteiger partial charge in [-0.1, -0.05) is 24.3 Å². The Morgan fingerprint density at radius 1 is 1.33 bits per heavy atom. The van der Waals surface area contributed by atoms with Crippen molar-refractivity contribution in [3.8, 4) is 0 Å². The summed E-state index contributed by atoms with van der Waals surface area (Å²) >= 11 is 0. The van der Waals surface area contributed by atoms with E-state index in [0.717, 1.165) is 6.42 Å². The number of nitrogens with zero attached hydrogens (tertiary/aromatic N) is 1. The predicted molar refractivity (Wildman–Crippen MR) is 59.5 cm³/mol. The van der Waals surface area contributed by atoms with Gasteiger partial charge < -0.3 is 10.2 Å². The number of likely N-dealkylation sites (N-methyl/N-ethyl adjacent to an activating group) is 2. The smallest absolute Gasteiger partial charge is 0.240 e. The monoisotopic (exact) mass is 204 g/mol. The molecule has 80 valence electrons. The van der Waals surface area contributed by atoms with Crippen molar-refractivity contribution >= 4 is 5.91 Å². The first-order valence-electron chi connectivity index (χ1n) is 5.21. The molecule has 1 unspecified atom stereocenters. The van der Waals surface area contributed by atoms with Crippen LogP contribution in [0.4, 0.5) is 0 Å². The second-order valence-corrected chi connectivity index (χ2v) is 4.01. The van der Waals surface area contributed by atoms with E-state index < -0.39 is 0 Å². The summed E-state index contributed by atoms with van der Waals surface area (Å²) in [5, 5.41) is 3.07. The first-order chi connectivity index (χ1) is 7.22. The van der Waals surface area contributed by atoms with Gasteiger partial charge in [0.15, 0.2) is 0 Å². The summed E-state index contributed by atoms with van der Waals surface area (Å²) in [6.45, 7) is 0.715. The van der Waals surface area contributed by atoms with Crippen LogP contribution < -0.4 is 5.32 Å². The maximum absolute atomic E-state index is 11.9. The van der Waals surface area contributed by atoms with Crippen LogP contribution in [0.2, 0.25) is 0 Å². The zero-order valence-corrected chi connectivity index (χ0v) is 9.16. The topological polar surface area (TPSA) is 32.3 Å². The van der Waals surface area contributed by atoms with E-state index in [1.165, 1.54) is 11.1 Å².